The quantitative estimate of drug-likeness (QED) is 0.561. The highest BCUT2D eigenvalue weighted by Crippen LogP contribution is 2.16. The van der Waals surface area contributed by atoms with E-state index < -0.39 is 5.97 Å². The molecule has 0 unspecified atom stereocenters. The largest absolute Gasteiger partial charge is 0.462 e. The summed E-state index contributed by atoms with van der Waals surface area (Å²) in [5.41, 5.74) is 3.39. The molecule has 2 aromatic carbocycles. The van der Waals surface area contributed by atoms with Gasteiger partial charge in [-0.05, 0) is 36.8 Å². The topological polar surface area (TPSA) is 93.5 Å². The molecule has 8 nitrogen and oxygen atoms in total. The van der Waals surface area contributed by atoms with E-state index in [2.05, 4.69) is 27.3 Å². The molecule has 1 aliphatic heterocycles. The lowest BCUT2D eigenvalue weighted by Gasteiger charge is -2.28. The Kier molecular flexibility index (Phi) is 6.95. The minimum absolute atomic E-state index is 0.141. The average Bonchev–Trinajstić information content (AvgIpc) is 2.82. The molecule has 170 valence electrons. The molecule has 0 spiro atoms. The van der Waals surface area contributed by atoms with Crippen LogP contribution >= 0.6 is 0 Å². The molecule has 4 rings (SSSR count). The Hall–Kier alpha value is -3.78. The third kappa shape index (κ3) is 5.53. The molecule has 3 aromatic rings. The lowest BCUT2D eigenvalue weighted by Crippen LogP contribution is -2.38. The number of hydrogen-bond donors (Lipinski definition) is 1. The fourth-order valence-corrected chi connectivity index (χ4v) is 3.86. The van der Waals surface area contributed by atoms with Crippen LogP contribution in [-0.2, 0) is 35.6 Å². The second-order valence-corrected chi connectivity index (χ2v) is 7.90. The van der Waals surface area contributed by atoms with Gasteiger partial charge in [-0.1, -0.05) is 30.3 Å². The molecule has 1 aromatic heterocycles. The van der Waals surface area contributed by atoms with Crippen molar-refractivity contribution in [2.24, 2.45) is 0 Å². The number of fused-ring (bicyclic) bond motifs is 1. The molecule has 33 heavy (non-hydrogen) atoms. The first-order valence-electron chi connectivity index (χ1n) is 10.9. The number of anilines is 1. The van der Waals surface area contributed by atoms with Crippen LogP contribution in [0.25, 0.3) is 0 Å². The lowest BCUT2D eigenvalue weighted by molar-refractivity contribution is -0.116. The fraction of sp³-hybridized carbons (Fsp3) is 0.280. The number of benzene rings is 2. The van der Waals surface area contributed by atoms with Crippen LogP contribution < -0.4 is 10.9 Å². The van der Waals surface area contributed by atoms with E-state index in [4.69, 9.17) is 4.74 Å². The minimum Gasteiger partial charge on any atom is -0.462 e. The molecule has 0 fully saturated rings. The summed E-state index contributed by atoms with van der Waals surface area (Å²) in [7, 11) is 0. The standard InChI is InChI=1S/C25H26N4O4/c1-2-33-25(32)19-8-10-20(11-9-19)27-23(30)16-29-17-26-22-12-13-28(15-21(22)24(29)31)14-18-6-4-3-5-7-18/h3-11,17H,2,12-16H2,1H3,(H,27,30). The number of ether oxygens (including phenoxy) is 1. The number of carbonyl (C=O) groups is 2. The van der Waals surface area contributed by atoms with Crippen molar-refractivity contribution < 1.29 is 14.3 Å². The van der Waals surface area contributed by atoms with Gasteiger partial charge in [-0.25, -0.2) is 9.78 Å². The van der Waals surface area contributed by atoms with Gasteiger partial charge in [0, 0.05) is 31.7 Å². The Morgan fingerprint density at radius 2 is 1.85 bits per heavy atom. The van der Waals surface area contributed by atoms with E-state index in [0.29, 0.717) is 36.4 Å². The lowest BCUT2D eigenvalue weighted by atomic mass is 10.1. The fourth-order valence-electron chi connectivity index (χ4n) is 3.86. The third-order valence-electron chi connectivity index (χ3n) is 5.51. The molecule has 0 bridgehead atoms. The van der Waals surface area contributed by atoms with E-state index in [1.807, 2.05) is 18.2 Å². The second-order valence-electron chi connectivity index (χ2n) is 7.90. The first kappa shape index (κ1) is 22.4. The van der Waals surface area contributed by atoms with Crippen LogP contribution in [0.1, 0.15) is 34.1 Å². The van der Waals surface area contributed by atoms with E-state index in [9.17, 15) is 14.4 Å². The Balaban J connectivity index is 1.41. The first-order valence-corrected chi connectivity index (χ1v) is 10.9. The molecule has 8 heteroatoms. The van der Waals surface area contributed by atoms with Crippen molar-refractivity contribution in [3.63, 3.8) is 0 Å². The maximum Gasteiger partial charge on any atom is 0.338 e. The molecular formula is C25H26N4O4. The van der Waals surface area contributed by atoms with Crippen LogP contribution in [0, 0.1) is 0 Å². The van der Waals surface area contributed by atoms with Crippen LogP contribution in [0.2, 0.25) is 0 Å². The molecule has 1 amide bonds. The Morgan fingerprint density at radius 3 is 2.58 bits per heavy atom. The molecule has 0 aliphatic carbocycles. The monoisotopic (exact) mass is 446 g/mol. The maximum absolute atomic E-state index is 13.0. The van der Waals surface area contributed by atoms with E-state index in [0.717, 1.165) is 18.8 Å². The van der Waals surface area contributed by atoms with E-state index in [-0.39, 0.29) is 18.0 Å². The van der Waals surface area contributed by atoms with Gasteiger partial charge in [0.2, 0.25) is 5.91 Å². The summed E-state index contributed by atoms with van der Waals surface area (Å²) >= 11 is 0. The van der Waals surface area contributed by atoms with Gasteiger partial charge < -0.3 is 10.1 Å². The summed E-state index contributed by atoms with van der Waals surface area (Å²) in [6.07, 6.45) is 2.15. The summed E-state index contributed by atoms with van der Waals surface area (Å²) < 4.78 is 6.29. The average molecular weight is 447 g/mol. The molecule has 1 aliphatic rings. The van der Waals surface area contributed by atoms with Gasteiger partial charge in [0.1, 0.15) is 6.54 Å². The highest BCUT2D eigenvalue weighted by atomic mass is 16.5. The highest BCUT2D eigenvalue weighted by molar-refractivity contribution is 5.93. The molecular weight excluding hydrogens is 420 g/mol. The van der Waals surface area contributed by atoms with Gasteiger partial charge in [0.15, 0.2) is 0 Å². The Labute approximate surface area is 191 Å². The zero-order valence-corrected chi connectivity index (χ0v) is 18.5. The minimum atomic E-state index is -0.414. The van der Waals surface area contributed by atoms with Crippen LogP contribution in [0.3, 0.4) is 0 Å². The van der Waals surface area contributed by atoms with Gasteiger partial charge in [-0.15, -0.1) is 0 Å². The van der Waals surface area contributed by atoms with E-state index in [1.165, 1.54) is 16.5 Å². The Morgan fingerprint density at radius 1 is 1.09 bits per heavy atom. The molecule has 2 heterocycles. The van der Waals surface area contributed by atoms with Crippen LogP contribution in [-0.4, -0.2) is 39.5 Å². The van der Waals surface area contributed by atoms with E-state index >= 15 is 0 Å². The van der Waals surface area contributed by atoms with Gasteiger partial charge in [-0.2, -0.15) is 0 Å². The smallest absolute Gasteiger partial charge is 0.338 e. The second kappa shape index (κ2) is 10.2. The van der Waals surface area contributed by atoms with Gasteiger partial charge in [0.05, 0.1) is 29.8 Å². The molecule has 0 saturated heterocycles. The van der Waals surface area contributed by atoms with Gasteiger partial charge >= 0.3 is 5.97 Å². The number of nitrogens with one attached hydrogen (secondary N) is 1. The van der Waals surface area contributed by atoms with Crippen molar-refractivity contribution in [2.45, 2.75) is 33.0 Å². The predicted molar refractivity (Wildman–Crippen MR) is 124 cm³/mol. The number of rotatable bonds is 7. The SMILES string of the molecule is CCOC(=O)c1ccc(NC(=O)Cn2cnc3c(c2=O)CN(Cc2ccccc2)CC3)cc1. The van der Waals surface area contributed by atoms with Crippen molar-refractivity contribution >= 4 is 17.6 Å². The number of amides is 1. The number of hydrogen-bond acceptors (Lipinski definition) is 6. The van der Waals surface area contributed by atoms with Crippen LogP contribution in [0.15, 0.2) is 65.7 Å². The van der Waals surface area contributed by atoms with Gasteiger partial charge in [0.25, 0.3) is 5.56 Å². The number of carbonyl (C=O) groups excluding carboxylic acids is 2. The van der Waals surface area contributed by atoms with Crippen molar-refractivity contribution in [2.75, 3.05) is 18.5 Å². The zero-order chi connectivity index (χ0) is 23.2. The maximum atomic E-state index is 13.0. The van der Waals surface area contributed by atoms with Crippen LogP contribution in [0.4, 0.5) is 5.69 Å². The normalized spacial score (nSPS) is 13.2. The Bertz CT molecular complexity index is 1190. The first-order chi connectivity index (χ1) is 16.0. The number of nitrogens with zero attached hydrogens (tertiary/aromatic N) is 3. The van der Waals surface area contributed by atoms with Crippen molar-refractivity contribution in [3.8, 4) is 0 Å². The third-order valence-corrected chi connectivity index (χ3v) is 5.51. The highest BCUT2D eigenvalue weighted by Gasteiger charge is 2.22. The molecule has 0 radical (unpaired) electrons. The van der Waals surface area contributed by atoms with Crippen molar-refractivity contribution in [1.82, 2.24) is 14.5 Å². The van der Waals surface area contributed by atoms with E-state index in [1.54, 1.807) is 31.2 Å². The molecule has 0 saturated carbocycles. The summed E-state index contributed by atoms with van der Waals surface area (Å²) in [5.74, 6) is -0.761. The van der Waals surface area contributed by atoms with Crippen LogP contribution in [0.5, 0.6) is 0 Å². The summed E-state index contributed by atoms with van der Waals surface area (Å²) in [6.45, 7) is 4.00. The van der Waals surface area contributed by atoms with Crippen molar-refractivity contribution in [3.05, 3.63) is 93.7 Å². The number of aromatic nitrogens is 2. The molecule has 0 atom stereocenters. The van der Waals surface area contributed by atoms with Crippen molar-refractivity contribution in [1.29, 1.82) is 0 Å². The zero-order valence-electron chi connectivity index (χ0n) is 18.5. The molecule has 1 N–H and O–H groups in total. The number of esters is 1. The van der Waals surface area contributed by atoms with Gasteiger partial charge in [-0.3, -0.25) is 19.1 Å². The predicted octanol–water partition coefficient (Wildman–Crippen LogP) is 2.62. The summed E-state index contributed by atoms with van der Waals surface area (Å²) in [5, 5.41) is 2.75. The summed E-state index contributed by atoms with van der Waals surface area (Å²) in [6, 6.07) is 16.6. The summed E-state index contributed by atoms with van der Waals surface area (Å²) in [4.78, 5) is 44.0.